The van der Waals surface area contributed by atoms with Crippen LogP contribution in [-0.2, 0) is 16.1 Å². The van der Waals surface area contributed by atoms with Crippen molar-refractivity contribution in [3.63, 3.8) is 0 Å². The van der Waals surface area contributed by atoms with Gasteiger partial charge in [-0.05, 0) is 5.92 Å². The summed E-state index contributed by atoms with van der Waals surface area (Å²) in [6.45, 7) is 7.61. The average molecular weight is 300 g/mol. The van der Waals surface area contributed by atoms with Gasteiger partial charge in [0.25, 0.3) is 0 Å². The minimum atomic E-state index is -1.07. The highest BCUT2D eigenvalue weighted by Crippen LogP contribution is 2.21. The van der Waals surface area contributed by atoms with E-state index in [0.29, 0.717) is 5.92 Å². The molecule has 6 nitrogen and oxygen atoms in total. The summed E-state index contributed by atoms with van der Waals surface area (Å²) < 4.78 is 5.01. The molecule has 0 bridgehead atoms. The van der Waals surface area contributed by atoms with Crippen LogP contribution in [0.5, 0.6) is 0 Å². The number of carboxylic acid groups (broad SMARTS) is 1. The third-order valence-corrected chi connectivity index (χ3v) is 3.89. The number of thiazole rings is 1. The highest BCUT2D eigenvalue weighted by molar-refractivity contribution is 7.11. The molecule has 0 fully saturated rings. The van der Waals surface area contributed by atoms with Crippen LogP contribution in [0, 0.1) is 5.92 Å². The maximum atomic E-state index is 11.6. The molecule has 1 heterocycles. The Labute approximate surface area is 122 Å². The number of aromatic nitrogens is 1. The van der Waals surface area contributed by atoms with E-state index in [2.05, 4.69) is 10.3 Å². The topological polar surface area (TPSA) is 88.5 Å². The predicted molar refractivity (Wildman–Crippen MR) is 75.8 cm³/mol. The second kappa shape index (κ2) is 7.23. The molecule has 2 N–H and O–H groups in total. The Morgan fingerprint density at radius 2 is 2.05 bits per heavy atom. The smallest absolute Gasteiger partial charge is 0.408 e. The number of nitrogens with zero attached hydrogens (tertiary/aromatic N) is 1. The van der Waals surface area contributed by atoms with Crippen molar-refractivity contribution in [3.8, 4) is 0 Å². The number of rotatable bonds is 6. The van der Waals surface area contributed by atoms with Gasteiger partial charge < -0.3 is 15.2 Å². The minimum Gasteiger partial charge on any atom is -0.480 e. The third kappa shape index (κ3) is 4.80. The summed E-state index contributed by atoms with van der Waals surface area (Å²) in [5.74, 6) is -0.951. The summed E-state index contributed by atoms with van der Waals surface area (Å²) in [4.78, 5) is 27.6. The summed E-state index contributed by atoms with van der Waals surface area (Å²) in [6, 6.07) is -0.949. The number of hydrogen-bond donors (Lipinski definition) is 2. The third-order valence-electron chi connectivity index (χ3n) is 2.62. The van der Waals surface area contributed by atoms with Crippen molar-refractivity contribution >= 4 is 23.4 Å². The van der Waals surface area contributed by atoms with Crippen molar-refractivity contribution in [1.82, 2.24) is 10.3 Å². The van der Waals surface area contributed by atoms with Crippen LogP contribution in [0.2, 0.25) is 0 Å². The van der Waals surface area contributed by atoms with Gasteiger partial charge in [0.1, 0.15) is 12.6 Å². The number of carboxylic acids is 1. The molecule has 1 aromatic heterocycles. The van der Waals surface area contributed by atoms with E-state index < -0.39 is 18.1 Å². The van der Waals surface area contributed by atoms with Crippen LogP contribution in [0.25, 0.3) is 0 Å². The molecular formula is C13H20N2O4S. The Morgan fingerprint density at radius 1 is 1.40 bits per heavy atom. The standard InChI is InChI=1S/C13H20N2O4S/c1-7(2)10(12(16)17)15-13(18)19-6-9-5-14-11(20-9)8(3)4/h5,7-8,10H,6H2,1-4H3,(H,15,18)(H,16,17)/t10-/m0/s1. The van der Waals surface area contributed by atoms with Gasteiger partial charge in [0.05, 0.1) is 9.88 Å². The molecule has 112 valence electrons. The molecule has 1 aromatic rings. The molecule has 1 amide bonds. The average Bonchev–Trinajstić information content (AvgIpc) is 2.81. The zero-order valence-corrected chi connectivity index (χ0v) is 12.9. The first-order valence-corrected chi connectivity index (χ1v) is 7.23. The van der Waals surface area contributed by atoms with Gasteiger partial charge in [-0.15, -0.1) is 11.3 Å². The number of nitrogens with one attached hydrogen (secondary N) is 1. The van der Waals surface area contributed by atoms with Gasteiger partial charge in [-0.1, -0.05) is 27.7 Å². The Morgan fingerprint density at radius 3 is 2.50 bits per heavy atom. The van der Waals surface area contributed by atoms with Crippen LogP contribution >= 0.6 is 11.3 Å². The lowest BCUT2D eigenvalue weighted by molar-refractivity contribution is -0.140. The molecule has 1 rings (SSSR count). The highest BCUT2D eigenvalue weighted by Gasteiger charge is 2.24. The zero-order valence-electron chi connectivity index (χ0n) is 12.0. The minimum absolute atomic E-state index is 0.0979. The maximum Gasteiger partial charge on any atom is 0.408 e. The molecule has 0 aliphatic carbocycles. The largest absolute Gasteiger partial charge is 0.480 e. The van der Waals surface area contributed by atoms with Crippen LogP contribution in [-0.4, -0.2) is 28.2 Å². The van der Waals surface area contributed by atoms with Gasteiger partial charge >= 0.3 is 12.1 Å². The molecule has 0 aliphatic heterocycles. The van der Waals surface area contributed by atoms with Crippen molar-refractivity contribution in [2.45, 2.75) is 46.3 Å². The first kappa shape index (κ1) is 16.4. The number of alkyl carbamates (subject to hydrolysis) is 1. The highest BCUT2D eigenvalue weighted by atomic mass is 32.1. The lowest BCUT2D eigenvalue weighted by atomic mass is 10.1. The Bertz CT molecular complexity index is 471. The molecular weight excluding hydrogens is 280 g/mol. The van der Waals surface area contributed by atoms with E-state index in [9.17, 15) is 9.59 Å². The summed E-state index contributed by atoms with van der Waals surface area (Å²) in [5.41, 5.74) is 0. The van der Waals surface area contributed by atoms with Crippen molar-refractivity contribution in [1.29, 1.82) is 0 Å². The van der Waals surface area contributed by atoms with Gasteiger partial charge in [-0.3, -0.25) is 0 Å². The monoisotopic (exact) mass is 300 g/mol. The van der Waals surface area contributed by atoms with Crippen molar-refractivity contribution in [2.75, 3.05) is 0 Å². The Balaban J connectivity index is 2.48. The lowest BCUT2D eigenvalue weighted by Crippen LogP contribution is -2.44. The van der Waals surface area contributed by atoms with E-state index >= 15 is 0 Å². The van der Waals surface area contributed by atoms with E-state index in [1.54, 1.807) is 20.0 Å². The van der Waals surface area contributed by atoms with Crippen molar-refractivity contribution < 1.29 is 19.4 Å². The number of carbonyl (C=O) groups excluding carboxylic acids is 1. The van der Waals surface area contributed by atoms with Gasteiger partial charge in [0.2, 0.25) is 0 Å². The number of hydrogen-bond acceptors (Lipinski definition) is 5. The molecule has 0 unspecified atom stereocenters. The molecule has 0 saturated carbocycles. The zero-order chi connectivity index (χ0) is 15.3. The molecule has 0 saturated heterocycles. The first-order valence-electron chi connectivity index (χ1n) is 6.42. The molecule has 20 heavy (non-hydrogen) atoms. The van der Waals surface area contributed by atoms with Gasteiger partial charge in [-0.2, -0.15) is 0 Å². The number of carbonyl (C=O) groups is 2. The second-order valence-corrected chi connectivity index (χ2v) is 6.25. The summed E-state index contributed by atoms with van der Waals surface area (Å²) in [7, 11) is 0. The van der Waals surface area contributed by atoms with Crippen molar-refractivity contribution in [2.24, 2.45) is 5.92 Å². The summed E-state index contributed by atoms with van der Waals surface area (Å²) in [5, 5.41) is 12.3. The SMILES string of the molecule is CC(C)c1ncc(COC(=O)N[C@H](C(=O)O)C(C)C)s1. The molecule has 0 aliphatic rings. The van der Waals surface area contributed by atoms with E-state index in [1.807, 2.05) is 13.8 Å². The van der Waals surface area contributed by atoms with Gasteiger partial charge in [0, 0.05) is 12.1 Å². The fourth-order valence-corrected chi connectivity index (χ4v) is 2.31. The van der Waals surface area contributed by atoms with Crippen LogP contribution in [0.3, 0.4) is 0 Å². The number of amides is 1. The van der Waals surface area contributed by atoms with E-state index in [-0.39, 0.29) is 12.5 Å². The number of aliphatic carboxylic acids is 1. The van der Waals surface area contributed by atoms with E-state index in [4.69, 9.17) is 9.84 Å². The van der Waals surface area contributed by atoms with Crippen LogP contribution < -0.4 is 5.32 Å². The summed E-state index contributed by atoms with van der Waals surface area (Å²) >= 11 is 1.48. The van der Waals surface area contributed by atoms with Crippen LogP contribution in [0.15, 0.2) is 6.20 Å². The van der Waals surface area contributed by atoms with E-state index in [0.717, 1.165) is 9.88 Å². The van der Waals surface area contributed by atoms with Crippen molar-refractivity contribution in [3.05, 3.63) is 16.1 Å². The maximum absolute atomic E-state index is 11.6. The normalized spacial score (nSPS) is 12.5. The molecule has 0 aromatic carbocycles. The molecule has 0 radical (unpaired) electrons. The molecule has 7 heteroatoms. The fourth-order valence-electron chi connectivity index (χ4n) is 1.48. The predicted octanol–water partition coefficient (Wildman–Crippen LogP) is 2.60. The molecule has 0 spiro atoms. The van der Waals surface area contributed by atoms with Gasteiger partial charge in [0.15, 0.2) is 0 Å². The second-order valence-electron chi connectivity index (χ2n) is 5.10. The summed E-state index contributed by atoms with van der Waals surface area (Å²) in [6.07, 6.45) is 0.940. The van der Waals surface area contributed by atoms with Gasteiger partial charge in [-0.25, -0.2) is 14.6 Å². The fraction of sp³-hybridized carbons (Fsp3) is 0.615. The van der Waals surface area contributed by atoms with Crippen LogP contribution in [0.1, 0.15) is 43.5 Å². The van der Waals surface area contributed by atoms with Crippen LogP contribution in [0.4, 0.5) is 4.79 Å². The Kier molecular flexibility index (Phi) is 5.94. The van der Waals surface area contributed by atoms with E-state index in [1.165, 1.54) is 11.3 Å². The quantitative estimate of drug-likeness (QED) is 0.843. The molecule has 1 atom stereocenters. The lowest BCUT2D eigenvalue weighted by Gasteiger charge is -2.17. The Hall–Kier alpha value is -1.63. The number of ether oxygens (including phenoxy) is 1. The first-order chi connectivity index (χ1) is 9.31.